The van der Waals surface area contributed by atoms with Gasteiger partial charge in [-0.15, -0.1) is 0 Å². The molecule has 0 aromatic heterocycles. The summed E-state index contributed by atoms with van der Waals surface area (Å²) in [5.74, 6) is -1.81. The van der Waals surface area contributed by atoms with Crippen LogP contribution in [0.2, 0.25) is 0 Å². The zero-order chi connectivity index (χ0) is 15.4. The van der Waals surface area contributed by atoms with Crippen LogP contribution in [0.1, 0.15) is 47.0 Å². The summed E-state index contributed by atoms with van der Waals surface area (Å²) in [7, 11) is 0. The number of halogens is 2. The van der Waals surface area contributed by atoms with Crippen LogP contribution in [0.3, 0.4) is 0 Å². The van der Waals surface area contributed by atoms with Crippen molar-refractivity contribution in [2.75, 3.05) is 11.5 Å². The molecule has 1 amide bonds. The highest BCUT2D eigenvalue weighted by Gasteiger charge is 2.56. The summed E-state index contributed by atoms with van der Waals surface area (Å²) in [5.41, 5.74) is -0.524. The van der Waals surface area contributed by atoms with Crippen LogP contribution in [0.5, 0.6) is 0 Å². The van der Waals surface area contributed by atoms with E-state index in [0.29, 0.717) is 11.5 Å². The van der Waals surface area contributed by atoms with Gasteiger partial charge in [-0.1, -0.05) is 13.3 Å². The number of alkyl carbamates (subject to hydrolysis) is 1. The van der Waals surface area contributed by atoms with Gasteiger partial charge >= 0.3 is 6.09 Å². The van der Waals surface area contributed by atoms with Crippen LogP contribution in [0.4, 0.5) is 13.6 Å². The van der Waals surface area contributed by atoms with Crippen LogP contribution in [0.25, 0.3) is 0 Å². The summed E-state index contributed by atoms with van der Waals surface area (Å²) in [6, 6.07) is -0.0211. The molecule has 0 aromatic rings. The Balaban J connectivity index is 2.27. The predicted molar refractivity (Wildman–Crippen MR) is 78.4 cm³/mol. The fourth-order valence-electron chi connectivity index (χ4n) is 1.82. The number of rotatable bonds is 7. The molecule has 20 heavy (non-hydrogen) atoms. The Kier molecular flexibility index (Phi) is 6.10. The summed E-state index contributed by atoms with van der Waals surface area (Å²) in [4.78, 5) is 11.7. The molecule has 0 spiro atoms. The number of ether oxygens (including phenoxy) is 1. The minimum absolute atomic E-state index is 0.0118. The van der Waals surface area contributed by atoms with E-state index in [-0.39, 0.29) is 12.5 Å². The third kappa shape index (κ3) is 6.77. The van der Waals surface area contributed by atoms with E-state index in [1.54, 1.807) is 0 Å². The molecule has 0 bridgehead atoms. The fourth-order valence-corrected chi connectivity index (χ4v) is 3.14. The van der Waals surface area contributed by atoms with Crippen LogP contribution in [-0.2, 0) is 4.74 Å². The van der Waals surface area contributed by atoms with E-state index in [9.17, 15) is 13.6 Å². The maximum atomic E-state index is 12.8. The van der Waals surface area contributed by atoms with Gasteiger partial charge in [0.05, 0.1) is 0 Å². The van der Waals surface area contributed by atoms with Crippen molar-refractivity contribution >= 4 is 17.9 Å². The molecule has 1 aliphatic carbocycles. The van der Waals surface area contributed by atoms with E-state index in [1.807, 2.05) is 27.7 Å². The molecule has 0 radical (unpaired) electrons. The first-order valence-electron chi connectivity index (χ1n) is 7.09. The molecule has 2 atom stereocenters. The summed E-state index contributed by atoms with van der Waals surface area (Å²) < 4.78 is 30.7. The summed E-state index contributed by atoms with van der Waals surface area (Å²) in [6.45, 7) is 7.46. The molecule has 0 heterocycles. The van der Waals surface area contributed by atoms with Crippen LogP contribution in [0, 0.1) is 5.92 Å². The second-order valence-corrected chi connectivity index (χ2v) is 7.41. The molecule has 1 fully saturated rings. The molecule has 3 nitrogen and oxygen atoms in total. The number of amides is 1. The Hall–Kier alpha value is -0.520. The third-order valence-corrected chi connectivity index (χ3v) is 4.23. The average Bonchev–Trinajstić information content (AvgIpc) is 2.83. The van der Waals surface area contributed by atoms with E-state index in [1.165, 1.54) is 11.8 Å². The smallest absolute Gasteiger partial charge is 0.407 e. The minimum Gasteiger partial charge on any atom is -0.444 e. The second-order valence-electron chi connectivity index (χ2n) is 6.33. The van der Waals surface area contributed by atoms with Crippen molar-refractivity contribution < 1.29 is 18.3 Å². The lowest BCUT2D eigenvalue weighted by atomic mass is 10.2. The molecular formula is C14H25F2NO2S. The molecule has 1 unspecified atom stereocenters. The van der Waals surface area contributed by atoms with Crippen molar-refractivity contribution in [3.05, 3.63) is 0 Å². The molecule has 118 valence electrons. The van der Waals surface area contributed by atoms with Crippen molar-refractivity contribution in [3.8, 4) is 0 Å². The van der Waals surface area contributed by atoms with Gasteiger partial charge in [0.1, 0.15) is 5.60 Å². The fraction of sp³-hybridized carbons (Fsp3) is 0.929. The standard InChI is InChI=1S/C14H25F2NO2S/c1-5-6-11(17-12(18)19-13(2,3)4)9-20-8-10-7-14(10,15)16/h10-11H,5-9H2,1-4H3,(H,17,18)/t10?,11-/m1/s1. The number of hydrogen-bond acceptors (Lipinski definition) is 3. The number of alkyl halides is 2. The Labute approximate surface area is 124 Å². The van der Waals surface area contributed by atoms with Crippen molar-refractivity contribution in [3.63, 3.8) is 0 Å². The lowest BCUT2D eigenvalue weighted by Crippen LogP contribution is -2.40. The van der Waals surface area contributed by atoms with Crippen LogP contribution in [0.15, 0.2) is 0 Å². The van der Waals surface area contributed by atoms with Crippen LogP contribution in [-0.4, -0.2) is 35.2 Å². The Bertz CT molecular complexity index is 332. The quantitative estimate of drug-likeness (QED) is 0.770. The van der Waals surface area contributed by atoms with Gasteiger partial charge in [-0.3, -0.25) is 0 Å². The Morgan fingerprint density at radius 3 is 2.55 bits per heavy atom. The Morgan fingerprint density at radius 2 is 2.10 bits per heavy atom. The molecule has 1 rings (SSSR count). The monoisotopic (exact) mass is 309 g/mol. The molecule has 1 N–H and O–H groups in total. The second kappa shape index (κ2) is 6.96. The van der Waals surface area contributed by atoms with Gasteiger partial charge in [0.25, 0.3) is 5.92 Å². The number of carbonyl (C=O) groups is 1. The molecule has 1 aliphatic rings. The molecule has 0 aromatic carbocycles. The summed E-state index contributed by atoms with van der Waals surface area (Å²) in [5, 5.41) is 2.82. The van der Waals surface area contributed by atoms with E-state index in [4.69, 9.17) is 4.74 Å². The van der Waals surface area contributed by atoms with E-state index in [0.717, 1.165) is 12.8 Å². The van der Waals surface area contributed by atoms with Crippen molar-refractivity contribution in [1.29, 1.82) is 0 Å². The first-order chi connectivity index (χ1) is 9.14. The van der Waals surface area contributed by atoms with Gasteiger partial charge < -0.3 is 10.1 Å². The molecule has 0 aliphatic heterocycles. The van der Waals surface area contributed by atoms with Crippen molar-refractivity contribution in [2.45, 2.75) is 64.5 Å². The zero-order valence-electron chi connectivity index (χ0n) is 12.7. The largest absolute Gasteiger partial charge is 0.444 e. The third-order valence-electron chi connectivity index (χ3n) is 2.95. The molecule has 0 saturated heterocycles. The maximum absolute atomic E-state index is 12.8. The van der Waals surface area contributed by atoms with E-state index >= 15 is 0 Å². The van der Waals surface area contributed by atoms with E-state index in [2.05, 4.69) is 5.32 Å². The minimum atomic E-state index is -2.45. The highest BCUT2D eigenvalue weighted by atomic mass is 32.2. The van der Waals surface area contributed by atoms with Crippen LogP contribution < -0.4 is 5.32 Å². The molecule has 6 heteroatoms. The van der Waals surface area contributed by atoms with Gasteiger partial charge in [-0.05, 0) is 27.2 Å². The van der Waals surface area contributed by atoms with E-state index < -0.39 is 23.5 Å². The predicted octanol–water partition coefficient (Wildman–Crippen LogP) is 4.07. The first kappa shape index (κ1) is 17.5. The van der Waals surface area contributed by atoms with Gasteiger partial charge in [0, 0.05) is 29.9 Å². The zero-order valence-corrected chi connectivity index (χ0v) is 13.5. The maximum Gasteiger partial charge on any atom is 0.407 e. The average molecular weight is 309 g/mol. The normalized spacial score (nSPS) is 22.2. The molecular weight excluding hydrogens is 284 g/mol. The number of nitrogens with one attached hydrogen (secondary N) is 1. The lowest BCUT2D eigenvalue weighted by molar-refractivity contribution is 0.0507. The van der Waals surface area contributed by atoms with Gasteiger partial charge in [-0.2, -0.15) is 11.8 Å². The van der Waals surface area contributed by atoms with Crippen LogP contribution >= 0.6 is 11.8 Å². The Morgan fingerprint density at radius 1 is 1.50 bits per heavy atom. The summed E-state index contributed by atoms with van der Waals surface area (Å²) >= 11 is 1.48. The highest BCUT2D eigenvalue weighted by Crippen LogP contribution is 2.50. The van der Waals surface area contributed by atoms with Crippen molar-refractivity contribution in [2.24, 2.45) is 5.92 Å². The van der Waals surface area contributed by atoms with Crippen molar-refractivity contribution in [1.82, 2.24) is 5.32 Å². The van der Waals surface area contributed by atoms with Gasteiger partial charge in [0.2, 0.25) is 0 Å². The highest BCUT2D eigenvalue weighted by molar-refractivity contribution is 7.99. The van der Waals surface area contributed by atoms with Gasteiger partial charge in [-0.25, -0.2) is 13.6 Å². The number of thioether (sulfide) groups is 1. The molecule has 1 saturated carbocycles. The number of hydrogen-bond donors (Lipinski definition) is 1. The summed E-state index contributed by atoms with van der Waals surface area (Å²) in [6.07, 6.45) is 1.33. The SMILES string of the molecule is CCC[C@H](CSCC1CC1(F)F)NC(=O)OC(C)(C)C. The number of carbonyl (C=O) groups excluding carboxylic acids is 1. The topological polar surface area (TPSA) is 38.3 Å². The van der Waals surface area contributed by atoms with Gasteiger partial charge in [0.15, 0.2) is 0 Å². The first-order valence-corrected chi connectivity index (χ1v) is 8.24. The lowest BCUT2D eigenvalue weighted by Gasteiger charge is -2.23.